The number of hydrogen-bond donors (Lipinski definition) is 2. The Labute approximate surface area is 142 Å². The summed E-state index contributed by atoms with van der Waals surface area (Å²) < 4.78 is 26.0. The number of rotatable bonds is 6. The summed E-state index contributed by atoms with van der Waals surface area (Å²) in [6.07, 6.45) is 2.18. The lowest BCUT2D eigenvalue weighted by molar-refractivity contribution is 0.0931. The van der Waals surface area contributed by atoms with Gasteiger partial charge in [-0.1, -0.05) is 36.4 Å². The summed E-state index contributed by atoms with van der Waals surface area (Å²) in [5.74, 6) is 0.185. The molecule has 1 aliphatic carbocycles. The van der Waals surface area contributed by atoms with Gasteiger partial charge in [0.1, 0.15) is 0 Å². The van der Waals surface area contributed by atoms with Crippen LogP contribution in [0.25, 0.3) is 0 Å². The Morgan fingerprint density at radius 3 is 2.42 bits per heavy atom. The molecule has 0 radical (unpaired) electrons. The van der Waals surface area contributed by atoms with Crippen LogP contribution in [-0.4, -0.2) is 21.4 Å². The molecule has 1 fully saturated rings. The van der Waals surface area contributed by atoms with Gasteiger partial charge in [0.15, 0.2) is 0 Å². The molecule has 1 atom stereocenters. The van der Waals surface area contributed by atoms with Crippen molar-refractivity contribution in [2.24, 2.45) is 5.92 Å². The first-order valence-corrected chi connectivity index (χ1v) is 9.39. The summed E-state index contributed by atoms with van der Waals surface area (Å²) >= 11 is 0. The lowest BCUT2D eigenvalue weighted by atomic mass is 10.0. The Balaban J connectivity index is 1.83. The second-order valence-electron chi connectivity index (χ2n) is 5.93. The summed E-state index contributed by atoms with van der Waals surface area (Å²) in [5, 5.41) is 3.05. The molecule has 2 aromatic rings. The van der Waals surface area contributed by atoms with E-state index >= 15 is 0 Å². The molecule has 3 rings (SSSR count). The second kappa shape index (κ2) is 6.75. The average molecular weight is 344 g/mol. The molecule has 24 heavy (non-hydrogen) atoms. The van der Waals surface area contributed by atoms with Crippen molar-refractivity contribution in [3.05, 3.63) is 65.7 Å². The number of sulfonamides is 1. The molecule has 0 heterocycles. The Morgan fingerprint density at radius 1 is 1.08 bits per heavy atom. The van der Waals surface area contributed by atoms with Gasteiger partial charge in [0.25, 0.3) is 5.91 Å². The molecule has 2 N–H and O–H groups in total. The minimum absolute atomic E-state index is 0.0386. The zero-order valence-electron chi connectivity index (χ0n) is 13.4. The van der Waals surface area contributed by atoms with Crippen molar-refractivity contribution in [2.45, 2.75) is 23.8 Å². The van der Waals surface area contributed by atoms with Crippen molar-refractivity contribution < 1.29 is 13.2 Å². The van der Waals surface area contributed by atoms with Gasteiger partial charge in [0.2, 0.25) is 10.0 Å². The van der Waals surface area contributed by atoms with Crippen LogP contribution in [0.15, 0.2) is 59.5 Å². The Hall–Kier alpha value is -2.18. The lowest BCUT2D eigenvalue weighted by Crippen LogP contribution is -2.30. The maximum atomic E-state index is 12.6. The predicted molar refractivity (Wildman–Crippen MR) is 92.1 cm³/mol. The number of amides is 1. The van der Waals surface area contributed by atoms with Gasteiger partial charge in [-0.25, -0.2) is 13.1 Å². The van der Waals surface area contributed by atoms with Crippen LogP contribution in [0.1, 0.15) is 34.8 Å². The summed E-state index contributed by atoms with van der Waals surface area (Å²) in [7, 11) is -2.22. The Morgan fingerprint density at radius 2 is 1.79 bits per heavy atom. The quantitative estimate of drug-likeness (QED) is 0.845. The number of carbonyl (C=O) groups excluding carboxylic acids is 1. The van der Waals surface area contributed by atoms with Crippen molar-refractivity contribution in [2.75, 3.05) is 7.05 Å². The first-order chi connectivity index (χ1) is 11.5. The molecule has 1 saturated carbocycles. The number of carbonyl (C=O) groups is 1. The van der Waals surface area contributed by atoms with Gasteiger partial charge in [-0.2, -0.15) is 0 Å². The number of benzene rings is 2. The summed E-state index contributed by atoms with van der Waals surface area (Å²) in [6.45, 7) is 0. The smallest absolute Gasteiger partial charge is 0.251 e. The standard InChI is InChI=1S/C18H20N2O3S/c1-19-24(22,23)16-9-5-8-15(12-16)18(21)20-17(14-10-11-14)13-6-3-2-4-7-13/h2-9,12,14,17,19H,10-11H2,1H3,(H,20,21)/t17-/m1/s1. The van der Waals surface area contributed by atoms with Crippen molar-refractivity contribution in [3.8, 4) is 0 Å². The lowest BCUT2D eigenvalue weighted by Gasteiger charge is -2.19. The van der Waals surface area contributed by atoms with Gasteiger partial charge in [0.05, 0.1) is 10.9 Å². The zero-order valence-corrected chi connectivity index (χ0v) is 14.2. The molecule has 0 spiro atoms. The van der Waals surface area contributed by atoms with E-state index < -0.39 is 10.0 Å². The van der Waals surface area contributed by atoms with E-state index in [4.69, 9.17) is 0 Å². The van der Waals surface area contributed by atoms with Gasteiger partial charge in [0, 0.05) is 5.56 Å². The van der Waals surface area contributed by atoms with E-state index in [1.165, 1.54) is 19.2 Å². The van der Waals surface area contributed by atoms with E-state index in [1.54, 1.807) is 12.1 Å². The monoisotopic (exact) mass is 344 g/mol. The molecule has 0 bridgehead atoms. The first kappa shape index (κ1) is 16.7. The first-order valence-electron chi connectivity index (χ1n) is 7.90. The van der Waals surface area contributed by atoms with Crippen LogP contribution in [0.4, 0.5) is 0 Å². The molecule has 126 valence electrons. The summed E-state index contributed by atoms with van der Waals surface area (Å²) in [4.78, 5) is 12.7. The predicted octanol–water partition coefficient (Wildman–Crippen LogP) is 2.48. The van der Waals surface area contributed by atoms with Gasteiger partial charge in [-0.05, 0) is 49.6 Å². The largest absolute Gasteiger partial charge is 0.345 e. The minimum Gasteiger partial charge on any atom is -0.345 e. The van der Waals surface area contributed by atoms with E-state index in [1.807, 2.05) is 30.3 Å². The molecular formula is C18H20N2O3S. The highest BCUT2D eigenvalue weighted by molar-refractivity contribution is 7.89. The minimum atomic E-state index is -3.57. The molecule has 0 unspecified atom stereocenters. The highest BCUT2D eigenvalue weighted by Crippen LogP contribution is 2.41. The molecule has 0 aliphatic heterocycles. The van der Waals surface area contributed by atoms with E-state index in [9.17, 15) is 13.2 Å². The van der Waals surface area contributed by atoms with Crippen LogP contribution in [0.5, 0.6) is 0 Å². The normalized spacial score (nSPS) is 15.7. The van der Waals surface area contributed by atoms with Crippen molar-refractivity contribution in [1.82, 2.24) is 10.0 Å². The second-order valence-corrected chi connectivity index (χ2v) is 7.82. The molecular weight excluding hydrogens is 324 g/mol. The fourth-order valence-electron chi connectivity index (χ4n) is 2.71. The summed E-state index contributed by atoms with van der Waals surface area (Å²) in [6, 6.07) is 15.9. The number of hydrogen-bond acceptors (Lipinski definition) is 3. The SMILES string of the molecule is CNS(=O)(=O)c1cccc(C(=O)N[C@H](c2ccccc2)C2CC2)c1. The van der Waals surface area contributed by atoms with Crippen LogP contribution >= 0.6 is 0 Å². The van der Waals surface area contributed by atoms with Gasteiger partial charge < -0.3 is 5.32 Å². The van der Waals surface area contributed by atoms with Gasteiger partial charge in [-0.15, -0.1) is 0 Å². The van der Waals surface area contributed by atoms with Crippen LogP contribution in [0, 0.1) is 5.92 Å². The third-order valence-corrected chi connectivity index (χ3v) is 5.63. The maximum Gasteiger partial charge on any atom is 0.251 e. The summed E-state index contributed by atoms with van der Waals surface area (Å²) in [5.41, 5.74) is 1.42. The average Bonchev–Trinajstić information content (AvgIpc) is 3.45. The van der Waals surface area contributed by atoms with Crippen molar-refractivity contribution in [1.29, 1.82) is 0 Å². The fraction of sp³-hybridized carbons (Fsp3) is 0.278. The van der Waals surface area contributed by atoms with Crippen LogP contribution < -0.4 is 10.0 Å². The van der Waals surface area contributed by atoms with Crippen molar-refractivity contribution >= 4 is 15.9 Å². The van der Waals surface area contributed by atoms with Gasteiger partial charge >= 0.3 is 0 Å². The maximum absolute atomic E-state index is 12.6. The topological polar surface area (TPSA) is 75.3 Å². The van der Waals surface area contributed by atoms with Gasteiger partial charge in [-0.3, -0.25) is 4.79 Å². The molecule has 0 aromatic heterocycles. The highest BCUT2D eigenvalue weighted by Gasteiger charge is 2.33. The van der Waals surface area contributed by atoms with E-state index in [0.717, 1.165) is 18.4 Å². The Kier molecular flexibility index (Phi) is 4.69. The van der Waals surface area contributed by atoms with E-state index in [2.05, 4.69) is 10.0 Å². The Bertz CT molecular complexity index is 830. The molecule has 0 saturated heterocycles. The molecule has 6 heteroatoms. The van der Waals surface area contributed by atoms with E-state index in [0.29, 0.717) is 11.5 Å². The van der Waals surface area contributed by atoms with E-state index in [-0.39, 0.29) is 16.8 Å². The third kappa shape index (κ3) is 3.66. The zero-order chi connectivity index (χ0) is 17.2. The highest BCUT2D eigenvalue weighted by atomic mass is 32.2. The van der Waals surface area contributed by atoms with Crippen molar-refractivity contribution in [3.63, 3.8) is 0 Å². The van der Waals surface area contributed by atoms with Crippen LogP contribution in [0.3, 0.4) is 0 Å². The fourth-order valence-corrected chi connectivity index (χ4v) is 3.49. The van der Waals surface area contributed by atoms with Crippen LogP contribution in [0.2, 0.25) is 0 Å². The third-order valence-electron chi connectivity index (χ3n) is 4.21. The molecule has 5 nitrogen and oxygen atoms in total. The molecule has 1 amide bonds. The molecule has 1 aliphatic rings. The molecule has 2 aromatic carbocycles. The number of nitrogens with one attached hydrogen (secondary N) is 2. The van der Waals surface area contributed by atoms with Crippen LogP contribution in [-0.2, 0) is 10.0 Å².